The highest BCUT2D eigenvalue weighted by molar-refractivity contribution is 6.27. The minimum absolute atomic E-state index is 0.0396. The van der Waals surface area contributed by atoms with Crippen molar-refractivity contribution in [2.45, 2.75) is 13.3 Å². The summed E-state index contributed by atoms with van der Waals surface area (Å²) in [4.78, 5) is 10.8. The normalized spacial score (nSPS) is 10.1. The van der Waals surface area contributed by atoms with Gasteiger partial charge in [0.2, 0.25) is 5.91 Å². The molecule has 1 rings (SSSR count). The van der Waals surface area contributed by atoms with E-state index in [0.717, 1.165) is 11.1 Å². The van der Waals surface area contributed by atoms with Crippen LogP contribution < -0.4 is 5.32 Å². The van der Waals surface area contributed by atoms with Crippen molar-refractivity contribution in [2.24, 2.45) is 0 Å². The van der Waals surface area contributed by atoms with Gasteiger partial charge in [-0.25, -0.2) is 4.39 Å². The number of halogens is 2. The molecule has 0 unspecified atom stereocenters. The Bertz CT molecular complexity index is 354. The first kappa shape index (κ1) is 12.0. The first-order valence-corrected chi connectivity index (χ1v) is 5.24. The maximum absolute atomic E-state index is 12.9. The average molecular weight is 230 g/mol. The molecule has 1 amide bonds. The fraction of sp³-hybridized carbons (Fsp3) is 0.364. The van der Waals surface area contributed by atoms with E-state index in [0.29, 0.717) is 13.0 Å². The summed E-state index contributed by atoms with van der Waals surface area (Å²) in [5, 5.41) is 2.63. The Morgan fingerprint density at radius 3 is 2.93 bits per heavy atom. The summed E-state index contributed by atoms with van der Waals surface area (Å²) in [5.74, 6) is -0.493. The standard InChI is InChI=1S/C11H13ClFNO/c1-8-2-3-10(13)6-9(8)4-5-14-11(15)7-12/h2-3,6H,4-5,7H2,1H3,(H,14,15). The number of aryl methyl sites for hydroxylation is 1. The lowest BCUT2D eigenvalue weighted by atomic mass is 10.1. The van der Waals surface area contributed by atoms with Crippen LogP contribution in [0.4, 0.5) is 4.39 Å². The molecule has 0 radical (unpaired) electrons. The van der Waals surface area contributed by atoms with Crippen molar-refractivity contribution in [2.75, 3.05) is 12.4 Å². The van der Waals surface area contributed by atoms with Crippen molar-refractivity contribution in [1.29, 1.82) is 0 Å². The van der Waals surface area contributed by atoms with Crippen LogP contribution in [-0.2, 0) is 11.2 Å². The molecular formula is C11H13ClFNO. The van der Waals surface area contributed by atoms with Gasteiger partial charge in [0.25, 0.3) is 0 Å². The molecule has 0 heterocycles. The van der Waals surface area contributed by atoms with Crippen molar-refractivity contribution in [3.8, 4) is 0 Å². The number of carbonyl (C=O) groups excluding carboxylic acids is 1. The van der Waals surface area contributed by atoms with Gasteiger partial charge in [-0.05, 0) is 36.6 Å². The number of rotatable bonds is 4. The second-order valence-electron chi connectivity index (χ2n) is 3.30. The van der Waals surface area contributed by atoms with E-state index in [1.54, 1.807) is 6.07 Å². The lowest BCUT2D eigenvalue weighted by molar-refractivity contribution is -0.118. The number of alkyl halides is 1. The van der Waals surface area contributed by atoms with Gasteiger partial charge >= 0.3 is 0 Å². The van der Waals surface area contributed by atoms with Crippen molar-refractivity contribution in [3.63, 3.8) is 0 Å². The number of carbonyl (C=O) groups is 1. The van der Waals surface area contributed by atoms with Gasteiger partial charge in [0.1, 0.15) is 11.7 Å². The number of nitrogens with one attached hydrogen (secondary N) is 1. The van der Waals surface area contributed by atoms with Crippen LogP contribution in [0.25, 0.3) is 0 Å². The quantitative estimate of drug-likeness (QED) is 0.787. The predicted octanol–water partition coefficient (Wildman–Crippen LogP) is 2.03. The first-order chi connectivity index (χ1) is 7.13. The summed E-state index contributed by atoms with van der Waals surface area (Å²) in [6, 6.07) is 4.65. The molecule has 0 atom stereocenters. The molecule has 82 valence electrons. The molecule has 4 heteroatoms. The SMILES string of the molecule is Cc1ccc(F)cc1CCNC(=O)CCl. The molecule has 0 aliphatic heterocycles. The summed E-state index contributed by atoms with van der Waals surface area (Å²) in [7, 11) is 0. The highest BCUT2D eigenvalue weighted by Crippen LogP contribution is 2.10. The third kappa shape index (κ3) is 3.88. The van der Waals surface area contributed by atoms with Gasteiger partial charge in [-0.2, -0.15) is 0 Å². The number of amides is 1. The second kappa shape index (κ2) is 5.71. The zero-order valence-corrected chi connectivity index (χ0v) is 9.27. The Hall–Kier alpha value is -1.09. The van der Waals surface area contributed by atoms with Gasteiger partial charge in [-0.1, -0.05) is 6.07 Å². The van der Waals surface area contributed by atoms with Crippen molar-refractivity contribution < 1.29 is 9.18 Å². The second-order valence-corrected chi connectivity index (χ2v) is 3.57. The van der Waals surface area contributed by atoms with Crippen LogP contribution in [0, 0.1) is 12.7 Å². The van der Waals surface area contributed by atoms with E-state index < -0.39 is 0 Å². The van der Waals surface area contributed by atoms with Gasteiger partial charge in [-0.3, -0.25) is 4.79 Å². The maximum atomic E-state index is 12.9. The average Bonchev–Trinajstić information content (AvgIpc) is 2.23. The van der Waals surface area contributed by atoms with E-state index in [2.05, 4.69) is 5.32 Å². The molecule has 15 heavy (non-hydrogen) atoms. The van der Waals surface area contributed by atoms with Crippen LogP contribution in [-0.4, -0.2) is 18.3 Å². The van der Waals surface area contributed by atoms with Crippen LogP contribution in [0.3, 0.4) is 0 Å². The molecule has 1 aromatic carbocycles. The van der Waals surface area contributed by atoms with Crippen molar-refractivity contribution >= 4 is 17.5 Å². The maximum Gasteiger partial charge on any atom is 0.234 e. The van der Waals surface area contributed by atoms with Crippen LogP contribution >= 0.6 is 11.6 Å². The molecule has 1 aromatic rings. The van der Waals surface area contributed by atoms with Crippen LogP contribution in [0.2, 0.25) is 0 Å². The molecule has 0 saturated heterocycles. The summed E-state index contributed by atoms with van der Waals surface area (Å²) >= 11 is 5.32. The fourth-order valence-corrected chi connectivity index (χ4v) is 1.39. The Balaban J connectivity index is 2.50. The van der Waals surface area contributed by atoms with Crippen molar-refractivity contribution in [1.82, 2.24) is 5.32 Å². The molecule has 0 fully saturated rings. The summed E-state index contributed by atoms with van der Waals surface area (Å²) < 4.78 is 12.9. The zero-order valence-electron chi connectivity index (χ0n) is 8.52. The summed E-state index contributed by atoms with van der Waals surface area (Å²) in [6.07, 6.45) is 0.617. The van der Waals surface area contributed by atoms with Gasteiger partial charge in [0.05, 0.1) is 0 Å². The van der Waals surface area contributed by atoms with E-state index in [4.69, 9.17) is 11.6 Å². The Kier molecular flexibility index (Phi) is 4.56. The molecule has 1 N–H and O–H groups in total. The van der Waals surface area contributed by atoms with Crippen LogP contribution in [0.5, 0.6) is 0 Å². The van der Waals surface area contributed by atoms with E-state index in [1.807, 2.05) is 6.92 Å². The van der Waals surface area contributed by atoms with Crippen LogP contribution in [0.1, 0.15) is 11.1 Å². The minimum atomic E-state index is -0.251. The van der Waals surface area contributed by atoms with Crippen LogP contribution in [0.15, 0.2) is 18.2 Å². The Morgan fingerprint density at radius 1 is 1.53 bits per heavy atom. The topological polar surface area (TPSA) is 29.1 Å². The van der Waals surface area contributed by atoms with Gasteiger partial charge in [-0.15, -0.1) is 11.6 Å². The van der Waals surface area contributed by atoms with Gasteiger partial charge in [0.15, 0.2) is 0 Å². The third-order valence-electron chi connectivity index (χ3n) is 2.15. The fourth-order valence-electron chi connectivity index (χ4n) is 1.29. The molecular weight excluding hydrogens is 217 g/mol. The van der Waals surface area contributed by atoms with Gasteiger partial charge < -0.3 is 5.32 Å². The Morgan fingerprint density at radius 2 is 2.27 bits per heavy atom. The number of hydrogen-bond acceptors (Lipinski definition) is 1. The zero-order chi connectivity index (χ0) is 11.3. The molecule has 0 spiro atoms. The largest absolute Gasteiger partial charge is 0.355 e. The predicted molar refractivity (Wildman–Crippen MR) is 58.6 cm³/mol. The lowest BCUT2D eigenvalue weighted by Crippen LogP contribution is -2.26. The highest BCUT2D eigenvalue weighted by Gasteiger charge is 2.02. The third-order valence-corrected chi connectivity index (χ3v) is 2.39. The first-order valence-electron chi connectivity index (χ1n) is 4.71. The number of hydrogen-bond donors (Lipinski definition) is 1. The lowest BCUT2D eigenvalue weighted by Gasteiger charge is -2.06. The van der Waals surface area contributed by atoms with E-state index in [1.165, 1.54) is 12.1 Å². The highest BCUT2D eigenvalue weighted by atomic mass is 35.5. The van der Waals surface area contributed by atoms with Gasteiger partial charge in [0, 0.05) is 6.54 Å². The smallest absolute Gasteiger partial charge is 0.234 e. The van der Waals surface area contributed by atoms with E-state index in [9.17, 15) is 9.18 Å². The van der Waals surface area contributed by atoms with E-state index in [-0.39, 0.29) is 17.6 Å². The number of benzene rings is 1. The molecule has 0 aliphatic rings. The van der Waals surface area contributed by atoms with Crippen molar-refractivity contribution in [3.05, 3.63) is 35.1 Å². The molecule has 0 saturated carbocycles. The van der Waals surface area contributed by atoms with E-state index >= 15 is 0 Å². The summed E-state index contributed by atoms with van der Waals surface area (Å²) in [6.45, 7) is 2.40. The monoisotopic (exact) mass is 229 g/mol. The molecule has 0 aromatic heterocycles. The Labute approximate surface area is 93.4 Å². The molecule has 0 bridgehead atoms. The molecule has 2 nitrogen and oxygen atoms in total. The molecule has 0 aliphatic carbocycles. The minimum Gasteiger partial charge on any atom is -0.355 e. The summed E-state index contributed by atoms with van der Waals surface area (Å²) in [5.41, 5.74) is 1.93.